The van der Waals surface area contributed by atoms with E-state index in [0.29, 0.717) is 5.88 Å². The second-order valence-corrected chi connectivity index (χ2v) is 5.74. The highest BCUT2D eigenvalue weighted by atomic mass is 16.6. The normalized spacial score (nSPS) is 9.93. The average Bonchev–Trinajstić information content (AvgIpc) is 2.77. The Bertz CT molecular complexity index is 619. The fraction of sp³-hybridized carbons (Fsp3) is 0.440. The smallest absolute Gasteiger partial charge is 0.179 e. The molecule has 0 heterocycles. The van der Waals surface area contributed by atoms with Crippen LogP contribution in [0.4, 0.5) is 0 Å². The van der Waals surface area contributed by atoms with E-state index >= 15 is 0 Å². The lowest BCUT2D eigenvalue weighted by atomic mass is 10.0. The summed E-state index contributed by atoms with van der Waals surface area (Å²) in [4.78, 5) is 0. The highest BCUT2D eigenvalue weighted by molar-refractivity contribution is 5.26. The molecule has 1 atom stereocenters. The molecule has 0 spiro atoms. The molecule has 166 valence electrons. The second kappa shape index (κ2) is 20.4. The molecule has 0 saturated carbocycles. The zero-order valence-electron chi connectivity index (χ0n) is 19.4. The predicted molar refractivity (Wildman–Crippen MR) is 127 cm³/mol. The molecule has 0 radical (unpaired) electrons. The molecule has 29 heavy (non-hydrogen) atoms. The molecule has 0 aromatic heterocycles. The molecular formula is C25H43NO3. The highest BCUT2D eigenvalue weighted by Crippen LogP contribution is 2.12. The number of rotatable bonds is 8. The van der Waals surface area contributed by atoms with Crippen molar-refractivity contribution in [2.24, 2.45) is 0 Å². The Morgan fingerprint density at radius 1 is 1.03 bits per heavy atom. The summed E-state index contributed by atoms with van der Waals surface area (Å²) in [6, 6.07) is 18.6. The van der Waals surface area contributed by atoms with Crippen LogP contribution >= 0.6 is 0 Å². The van der Waals surface area contributed by atoms with E-state index in [0.717, 1.165) is 13.0 Å². The third kappa shape index (κ3) is 15.3. The van der Waals surface area contributed by atoms with Gasteiger partial charge in [-0.05, 0) is 37.1 Å². The summed E-state index contributed by atoms with van der Waals surface area (Å²) in [6.07, 6.45) is 0.987. The molecule has 4 heteroatoms. The van der Waals surface area contributed by atoms with Crippen LogP contribution in [0.2, 0.25) is 0 Å². The fourth-order valence-electron chi connectivity index (χ4n) is 2.27. The number of nitrogens with one attached hydrogen (secondary N) is 1. The summed E-state index contributed by atoms with van der Waals surface area (Å²) >= 11 is 0. The molecule has 0 aliphatic heterocycles. The molecule has 0 bridgehead atoms. The summed E-state index contributed by atoms with van der Waals surface area (Å²) in [7, 11) is 1.43. The number of benzene rings is 2. The van der Waals surface area contributed by atoms with E-state index in [1.807, 2.05) is 45.9 Å². The van der Waals surface area contributed by atoms with Gasteiger partial charge in [-0.25, -0.2) is 0 Å². The lowest BCUT2D eigenvalue weighted by Crippen LogP contribution is -2.20. The van der Waals surface area contributed by atoms with Crippen LogP contribution in [0.15, 0.2) is 67.1 Å². The molecule has 2 aromatic carbocycles. The van der Waals surface area contributed by atoms with Crippen LogP contribution in [-0.4, -0.2) is 25.1 Å². The fourth-order valence-corrected chi connectivity index (χ4v) is 2.27. The van der Waals surface area contributed by atoms with Gasteiger partial charge in [0.2, 0.25) is 0 Å². The largest absolute Gasteiger partial charge is 0.476 e. The van der Waals surface area contributed by atoms with Crippen molar-refractivity contribution >= 4 is 0 Å². The van der Waals surface area contributed by atoms with Crippen molar-refractivity contribution < 1.29 is 16.0 Å². The Balaban J connectivity index is -0.000000710. The van der Waals surface area contributed by atoms with Gasteiger partial charge in [0.1, 0.15) is 12.9 Å². The summed E-state index contributed by atoms with van der Waals surface area (Å²) in [6.45, 7) is 16.7. The first-order chi connectivity index (χ1) is 14.1. The van der Waals surface area contributed by atoms with Gasteiger partial charge < -0.3 is 19.9 Å². The lowest BCUT2D eigenvalue weighted by Gasteiger charge is -2.18. The number of ether oxygens (including phenoxy) is 2. The standard InChI is InChI=1S/C19H23NO.C2H6O2.2C2H6.H2/c1-15-9-7-8-12-19(15)13-16(2)21-17(3)20-14-18-10-5-4-6-11-18;1-4-2-3;2*1-2;/h4-12,16,20H,3,13-14H2,1-2H3;3H,2H2,1H3;2*1-2H3;1H/t16-;;;;/m0..../s1. The van der Waals surface area contributed by atoms with Gasteiger partial charge in [0.05, 0.1) is 0 Å². The minimum Gasteiger partial charge on any atom is -0.476 e. The third-order valence-electron chi connectivity index (χ3n) is 3.57. The lowest BCUT2D eigenvalue weighted by molar-refractivity contribution is 0.0325. The van der Waals surface area contributed by atoms with Gasteiger partial charge in [0.15, 0.2) is 5.88 Å². The Morgan fingerprint density at radius 3 is 2.07 bits per heavy atom. The van der Waals surface area contributed by atoms with E-state index in [-0.39, 0.29) is 14.3 Å². The third-order valence-corrected chi connectivity index (χ3v) is 3.57. The van der Waals surface area contributed by atoms with Crippen LogP contribution in [0.5, 0.6) is 0 Å². The van der Waals surface area contributed by atoms with Gasteiger partial charge in [0.25, 0.3) is 0 Å². The quantitative estimate of drug-likeness (QED) is 0.412. The molecule has 2 rings (SSSR count). The monoisotopic (exact) mass is 405 g/mol. The first kappa shape index (κ1) is 28.9. The van der Waals surface area contributed by atoms with Crippen LogP contribution < -0.4 is 5.32 Å². The zero-order chi connectivity index (χ0) is 22.5. The van der Waals surface area contributed by atoms with E-state index in [4.69, 9.17) is 9.84 Å². The number of hydrogen-bond donors (Lipinski definition) is 2. The number of methoxy groups -OCH3 is 1. The predicted octanol–water partition coefficient (Wildman–Crippen LogP) is 6.08. The van der Waals surface area contributed by atoms with Gasteiger partial charge >= 0.3 is 0 Å². The second-order valence-electron chi connectivity index (χ2n) is 5.74. The molecule has 0 fully saturated rings. The molecule has 0 amide bonds. The van der Waals surface area contributed by atoms with Gasteiger partial charge in [-0.15, -0.1) is 0 Å². The maximum atomic E-state index is 7.65. The first-order valence-corrected chi connectivity index (χ1v) is 10.3. The van der Waals surface area contributed by atoms with Crippen LogP contribution in [-0.2, 0) is 22.4 Å². The van der Waals surface area contributed by atoms with Gasteiger partial charge in [-0.1, -0.05) is 82.3 Å². The molecule has 0 saturated heterocycles. The molecular weight excluding hydrogens is 362 g/mol. The van der Waals surface area contributed by atoms with Crippen LogP contribution in [0.1, 0.15) is 52.7 Å². The van der Waals surface area contributed by atoms with Crippen molar-refractivity contribution in [2.75, 3.05) is 13.9 Å². The van der Waals surface area contributed by atoms with Crippen LogP contribution in [0, 0.1) is 6.92 Å². The molecule has 2 N–H and O–H groups in total. The molecule has 4 nitrogen and oxygen atoms in total. The van der Waals surface area contributed by atoms with Crippen molar-refractivity contribution in [1.82, 2.24) is 5.32 Å². The van der Waals surface area contributed by atoms with Crippen LogP contribution in [0.3, 0.4) is 0 Å². The maximum absolute atomic E-state index is 7.65. The topological polar surface area (TPSA) is 50.7 Å². The summed E-state index contributed by atoms with van der Waals surface area (Å²) in [5, 5.41) is 10.9. The highest BCUT2D eigenvalue weighted by Gasteiger charge is 2.07. The van der Waals surface area contributed by atoms with Crippen molar-refractivity contribution in [3.8, 4) is 0 Å². The number of aryl methyl sites for hydroxylation is 1. The molecule has 0 aliphatic carbocycles. The van der Waals surface area contributed by atoms with E-state index in [2.05, 4.69) is 66.9 Å². The summed E-state index contributed by atoms with van der Waals surface area (Å²) < 4.78 is 9.92. The average molecular weight is 406 g/mol. The number of hydrogen-bond acceptors (Lipinski definition) is 4. The molecule has 2 aromatic rings. The Morgan fingerprint density at radius 2 is 1.55 bits per heavy atom. The zero-order valence-corrected chi connectivity index (χ0v) is 19.4. The van der Waals surface area contributed by atoms with Crippen molar-refractivity contribution in [3.63, 3.8) is 0 Å². The number of aliphatic hydroxyl groups excluding tert-OH is 1. The Hall–Kier alpha value is -2.30. The summed E-state index contributed by atoms with van der Waals surface area (Å²) in [5.41, 5.74) is 3.84. The van der Waals surface area contributed by atoms with E-state index in [9.17, 15) is 0 Å². The molecule has 0 aliphatic rings. The Labute approximate surface area is 180 Å². The van der Waals surface area contributed by atoms with E-state index in [1.54, 1.807) is 0 Å². The minimum absolute atomic E-state index is 0. The van der Waals surface area contributed by atoms with Crippen LogP contribution in [0.25, 0.3) is 0 Å². The van der Waals surface area contributed by atoms with E-state index < -0.39 is 0 Å². The van der Waals surface area contributed by atoms with E-state index in [1.165, 1.54) is 23.8 Å². The van der Waals surface area contributed by atoms with Gasteiger partial charge in [-0.2, -0.15) is 0 Å². The Kier molecular flexibility index (Phi) is 20.4. The molecule has 0 unspecified atom stereocenters. The maximum Gasteiger partial charge on any atom is 0.179 e. The SMILES string of the molecule is C=C(NCc1ccccc1)O[C@@H](C)Cc1ccccc1C.CC.CC.COCO.[HH]. The van der Waals surface area contributed by atoms with Crippen molar-refractivity contribution in [1.29, 1.82) is 0 Å². The summed E-state index contributed by atoms with van der Waals surface area (Å²) in [5.74, 6) is 0.625. The van der Waals surface area contributed by atoms with Gasteiger partial charge in [-0.3, -0.25) is 0 Å². The van der Waals surface area contributed by atoms with Crippen molar-refractivity contribution in [2.45, 2.75) is 60.6 Å². The van der Waals surface area contributed by atoms with Crippen molar-refractivity contribution in [3.05, 3.63) is 83.7 Å². The van der Waals surface area contributed by atoms with Gasteiger partial charge in [0, 0.05) is 21.5 Å². The number of aliphatic hydroxyl groups is 1. The minimum atomic E-state index is -0.181. The first-order valence-electron chi connectivity index (χ1n) is 10.3.